The SMILES string of the molecule is [O]=[InH].[O]=[V].[O]=[Zr]. The van der Waals surface area contributed by atoms with Crippen LogP contribution in [0.4, 0.5) is 0 Å². The second-order valence-electron chi connectivity index (χ2n) is 0. The zero-order valence-electron chi connectivity index (χ0n) is 2.88. The summed E-state index contributed by atoms with van der Waals surface area (Å²) in [4.78, 5) is 0. The molecule has 0 atom stereocenters. The molecule has 0 heterocycles. The van der Waals surface area contributed by atoms with Crippen molar-refractivity contribution in [3.63, 3.8) is 0 Å². The number of rotatable bonds is 0. The van der Waals surface area contributed by atoms with E-state index in [9.17, 15) is 0 Å². The molecule has 0 bridgehead atoms. The molecular weight excluding hydrogens is 305 g/mol. The van der Waals surface area contributed by atoms with Gasteiger partial charge >= 0.3 is 75.8 Å². The van der Waals surface area contributed by atoms with Crippen molar-refractivity contribution in [1.82, 2.24) is 0 Å². The van der Waals surface area contributed by atoms with E-state index in [0.717, 1.165) is 17.4 Å². The molecule has 0 amide bonds. The summed E-state index contributed by atoms with van der Waals surface area (Å²) in [7, 11) is 0. The van der Waals surface area contributed by atoms with Gasteiger partial charge in [0.2, 0.25) is 0 Å². The Morgan fingerprint density at radius 1 is 1.17 bits per heavy atom. The molecule has 0 aliphatic heterocycles. The van der Waals surface area contributed by atoms with Crippen LogP contribution in [0, 0.1) is 0 Å². The normalized spacial score (nSPS) is 1.50. The summed E-state index contributed by atoms with van der Waals surface area (Å²) in [5.41, 5.74) is 0. The van der Waals surface area contributed by atoms with Gasteiger partial charge in [0.15, 0.2) is 0 Å². The van der Waals surface area contributed by atoms with Crippen molar-refractivity contribution in [1.29, 1.82) is 0 Å². The van der Waals surface area contributed by atoms with E-state index in [0.29, 0.717) is 24.7 Å². The predicted molar refractivity (Wildman–Crippen MR) is 9.21 cm³/mol. The van der Waals surface area contributed by atoms with Gasteiger partial charge in [-0.25, -0.2) is 0 Å². The summed E-state index contributed by atoms with van der Waals surface area (Å²) in [6, 6.07) is 0. The molecule has 0 unspecified atom stereocenters. The Morgan fingerprint density at radius 3 is 1.17 bits per heavy atom. The van der Waals surface area contributed by atoms with Gasteiger partial charge in [-0.1, -0.05) is 0 Å². The van der Waals surface area contributed by atoms with Crippen molar-refractivity contribution < 1.29 is 51.4 Å². The van der Waals surface area contributed by atoms with Crippen molar-refractivity contribution in [2.45, 2.75) is 0 Å². The van der Waals surface area contributed by atoms with Crippen LogP contribution in [0.1, 0.15) is 0 Å². The molecule has 0 aromatic rings. The summed E-state index contributed by atoms with van der Waals surface area (Å²) < 4.78 is 24.9. The first kappa shape index (κ1) is 15.6. The van der Waals surface area contributed by atoms with Crippen LogP contribution in [-0.4, -0.2) is 24.4 Å². The quantitative estimate of drug-likeness (QED) is 0.576. The third-order valence-corrected chi connectivity index (χ3v) is 0. The molecule has 0 N–H and O–H groups in total. The van der Waals surface area contributed by atoms with Crippen LogP contribution in [-0.2, 0) is 51.4 Å². The zero-order chi connectivity index (χ0) is 6.00. The van der Waals surface area contributed by atoms with Crippen LogP contribution in [0.3, 0.4) is 0 Å². The van der Waals surface area contributed by atoms with Crippen LogP contribution in [0.2, 0.25) is 0 Å². The third-order valence-electron chi connectivity index (χ3n) is 0. The van der Waals surface area contributed by atoms with Crippen LogP contribution >= 0.6 is 0 Å². The molecule has 6 heavy (non-hydrogen) atoms. The Hall–Kier alpha value is 1.74. The van der Waals surface area contributed by atoms with E-state index in [4.69, 9.17) is 9.34 Å². The molecule has 0 aliphatic rings. The van der Waals surface area contributed by atoms with Crippen molar-refractivity contribution in [3.05, 3.63) is 0 Å². The molecule has 0 aliphatic carbocycles. The van der Waals surface area contributed by atoms with E-state index in [1.54, 1.807) is 0 Å². The predicted octanol–water partition coefficient (Wildman–Crippen LogP) is -1.01. The van der Waals surface area contributed by atoms with E-state index >= 15 is 0 Å². The molecular formula is HInO3VZr. The summed E-state index contributed by atoms with van der Waals surface area (Å²) in [6.45, 7) is 0. The van der Waals surface area contributed by atoms with E-state index in [1.165, 1.54) is 0 Å². The fourth-order valence-corrected chi connectivity index (χ4v) is 0. The van der Waals surface area contributed by atoms with Crippen LogP contribution < -0.4 is 0 Å². The number of hydrogen-bond acceptors (Lipinski definition) is 3. The zero-order valence-corrected chi connectivity index (χ0v) is 10.8. The van der Waals surface area contributed by atoms with Crippen LogP contribution in [0.15, 0.2) is 0 Å². The minimum absolute atomic E-state index is 0.1000. The molecule has 0 radical (unpaired) electrons. The Balaban J connectivity index is -0.0000000225. The summed E-state index contributed by atoms with van der Waals surface area (Å²) in [5.74, 6) is 0. The van der Waals surface area contributed by atoms with Crippen LogP contribution in [0.5, 0.6) is 0 Å². The van der Waals surface area contributed by atoms with Gasteiger partial charge in [-0.15, -0.1) is 0 Å². The molecule has 0 rings (SSSR count). The average Bonchev–Trinajstić information content (AvgIpc) is 1.81. The Morgan fingerprint density at radius 2 is 1.17 bits per heavy atom. The van der Waals surface area contributed by atoms with Gasteiger partial charge in [0.1, 0.15) is 0 Å². The molecule has 0 spiro atoms. The van der Waals surface area contributed by atoms with Gasteiger partial charge in [0.25, 0.3) is 0 Å². The molecule has 31 valence electrons. The van der Waals surface area contributed by atoms with Crippen molar-refractivity contribution >= 4 is 24.4 Å². The summed E-state index contributed by atoms with van der Waals surface area (Å²) in [6.07, 6.45) is 0. The van der Waals surface area contributed by atoms with E-state index in [2.05, 4.69) is 0 Å². The second-order valence-corrected chi connectivity index (χ2v) is 0. The van der Waals surface area contributed by atoms with Crippen molar-refractivity contribution in [2.24, 2.45) is 0 Å². The van der Waals surface area contributed by atoms with Crippen LogP contribution in [0.25, 0.3) is 0 Å². The maximum absolute atomic E-state index is 8.42. The topological polar surface area (TPSA) is 51.2 Å². The van der Waals surface area contributed by atoms with E-state index in [1.807, 2.05) is 0 Å². The standard InChI is InChI=1S/In.3O.V.Zr.H. The summed E-state index contributed by atoms with van der Waals surface area (Å²) >= 11 is 1.26. The molecule has 0 fully saturated rings. The third kappa shape index (κ3) is 42.7. The monoisotopic (exact) mass is 305 g/mol. The van der Waals surface area contributed by atoms with Gasteiger partial charge in [0.05, 0.1) is 0 Å². The molecule has 0 aromatic carbocycles. The Bertz CT molecular complexity index is 15.5. The number of hydrogen-bond donors (Lipinski definition) is 0. The van der Waals surface area contributed by atoms with Crippen molar-refractivity contribution in [2.75, 3.05) is 0 Å². The molecule has 6 heteroatoms. The molecule has 0 saturated carbocycles. The van der Waals surface area contributed by atoms with Gasteiger partial charge in [-0.05, 0) is 0 Å². The van der Waals surface area contributed by atoms with E-state index < -0.39 is 0 Å². The van der Waals surface area contributed by atoms with Crippen molar-refractivity contribution in [3.8, 4) is 0 Å². The second kappa shape index (κ2) is 73.5. The molecule has 0 saturated heterocycles. The summed E-state index contributed by atoms with van der Waals surface area (Å²) in [5, 5.41) is 0. The molecule has 0 aromatic heterocycles. The van der Waals surface area contributed by atoms with E-state index in [-0.39, 0.29) is 24.4 Å². The Kier molecular flexibility index (Phi) is 192. The first-order valence-electron chi connectivity index (χ1n) is 0.675. The van der Waals surface area contributed by atoms with Gasteiger partial charge in [-0.3, -0.25) is 0 Å². The average molecular weight is 306 g/mol. The Labute approximate surface area is 74.8 Å². The fraction of sp³-hybridized carbons (Fsp3) is 0. The first-order valence-corrected chi connectivity index (χ1v) is 3.90. The van der Waals surface area contributed by atoms with Gasteiger partial charge in [-0.2, -0.15) is 0 Å². The molecule has 3 nitrogen and oxygen atoms in total. The maximum atomic E-state index is 8.42. The minimum atomic E-state index is -0.1000. The fourth-order valence-electron chi connectivity index (χ4n) is 0. The first-order chi connectivity index (χ1) is 3.00. The van der Waals surface area contributed by atoms with Gasteiger partial charge in [0, 0.05) is 0 Å². The van der Waals surface area contributed by atoms with Gasteiger partial charge < -0.3 is 0 Å².